The molecule has 0 saturated carbocycles. The Bertz CT molecular complexity index is 916. The molecule has 136 valence electrons. The van der Waals surface area contributed by atoms with Gasteiger partial charge in [-0.3, -0.25) is 0 Å². The number of nitrogens with zero attached hydrogens (tertiary/aromatic N) is 1. The van der Waals surface area contributed by atoms with Crippen molar-refractivity contribution in [1.82, 2.24) is 5.32 Å². The number of carbonyl (C=O) groups is 1. The summed E-state index contributed by atoms with van der Waals surface area (Å²) in [4.78, 5) is 10.8. The molecule has 0 heterocycles. The molecule has 27 heavy (non-hydrogen) atoms. The van der Waals surface area contributed by atoms with E-state index in [4.69, 9.17) is 4.74 Å². The van der Waals surface area contributed by atoms with E-state index in [9.17, 15) is 10.1 Å². The molecule has 1 N–H and O–H groups in total. The minimum absolute atomic E-state index is 0.358. The van der Waals surface area contributed by atoms with Gasteiger partial charge in [-0.1, -0.05) is 30.1 Å². The van der Waals surface area contributed by atoms with Crippen LogP contribution in [0.1, 0.15) is 25.3 Å². The SMILES string of the molecule is CCNC1=CC(CC=O)=CCC=C1/C(C#N)=C/C#Cc1cccc(OC)c1. The Morgan fingerprint density at radius 2 is 2.22 bits per heavy atom. The van der Waals surface area contributed by atoms with E-state index in [1.807, 2.05) is 49.4 Å². The van der Waals surface area contributed by atoms with Crippen LogP contribution in [-0.2, 0) is 4.79 Å². The maximum Gasteiger partial charge on any atom is 0.124 e. The summed E-state index contributed by atoms with van der Waals surface area (Å²) >= 11 is 0. The van der Waals surface area contributed by atoms with Crippen LogP contribution in [0.25, 0.3) is 0 Å². The summed E-state index contributed by atoms with van der Waals surface area (Å²) in [5.74, 6) is 6.73. The molecule has 1 aliphatic carbocycles. The fourth-order valence-corrected chi connectivity index (χ4v) is 2.65. The van der Waals surface area contributed by atoms with Crippen LogP contribution < -0.4 is 10.1 Å². The van der Waals surface area contributed by atoms with Gasteiger partial charge >= 0.3 is 0 Å². The quantitative estimate of drug-likeness (QED) is 0.477. The Kier molecular flexibility index (Phi) is 7.69. The van der Waals surface area contributed by atoms with E-state index >= 15 is 0 Å². The molecule has 1 aliphatic rings. The molecule has 0 radical (unpaired) electrons. The highest BCUT2D eigenvalue weighted by Gasteiger charge is 2.12. The van der Waals surface area contributed by atoms with Crippen LogP contribution in [0.4, 0.5) is 0 Å². The zero-order chi connectivity index (χ0) is 19.5. The predicted molar refractivity (Wildman–Crippen MR) is 107 cm³/mol. The van der Waals surface area contributed by atoms with Gasteiger partial charge in [-0.2, -0.15) is 5.26 Å². The molecule has 4 nitrogen and oxygen atoms in total. The molecule has 0 amide bonds. The predicted octanol–water partition coefficient (Wildman–Crippen LogP) is 3.84. The fraction of sp³-hybridized carbons (Fsp3) is 0.217. The van der Waals surface area contributed by atoms with Gasteiger partial charge in [-0.15, -0.1) is 0 Å². The smallest absolute Gasteiger partial charge is 0.124 e. The topological polar surface area (TPSA) is 62.1 Å². The molecule has 0 spiro atoms. The zero-order valence-corrected chi connectivity index (χ0v) is 15.6. The standard InChI is InChI=1S/C23H22N2O2/c1-3-25-23-16-19(13-14-26)9-6-12-22(23)20(17-24)10-4-7-18-8-5-11-21(15-18)27-2/h5,8-12,14-16,25H,3,6,13H2,1-2H3/b20-10+. The molecule has 0 atom stereocenters. The average Bonchev–Trinajstić information content (AvgIpc) is 2.88. The van der Waals surface area contributed by atoms with Crippen LogP contribution in [0.15, 0.2) is 71.0 Å². The lowest BCUT2D eigenvalue weighted by Crippen LogP contribution is -2.15. The van der Waals surface area contributed by atoms with E-state index in [-0.39, 0.29) is 0 Å². The molecule has 0 aliphatic heterocycles. The van der Waals surface area contributed by atoms with E-state index in [1.54, 1.807) is 13.2 Å². The largest absolute Gasteiger partial charge is 0.497 e. The highest BCUT2D eigenvalue weighted by molar-refractivity contribution is 5.61. The highest BCUT2D eigenvalue weighted by Crippen LogP contribution is 2.23. The lowest BCUT2D eigenvalue weighted by Gasteiger charge is -2.12. The van der Waals surface area contributed by atoms with E-state index in [0.717, 1.165) is 34.4 Å². The normalized spacial score (nSPS) is 13.7. The number of rotatable bonds is 6. The van der Waals surface area contributed by atoms with Crippen molar-refractivity contribution in [2.45, 2.75) is 19.8 Å². The monoisotopic (exact) mass is 358 g/mol. The third-order valence-electron chi connectivity index (χ3n) is 3.92. The van der Waals surface area contributed by atoms with Crippen molar-refractivity contribution in [2.24, 2.45) is 0 Å². The third-order valence-corrected chi connectivity index (χ3v) is 3.92. The Morgan fingerprint density at radius 1 is 1.37 bits per heavy atom. The molecule has 0 fully saturated rings. The van der Waals surface area contributed by atoms with Crippen LogP contribution in [0.5, 0.6) is 5.75 Å². The van der Waals surface area contributed by atoms with Gasteiger partial charge in [0.05, 0.1) is 12.7 Å². The molecule has 2 rings (SSSR count). The van der Waals surface area contributed by atoms with Crippen LogP contribution in [-0.4, -0.2) is 19.9 Å². The summed E-state index contributed by atoms with van der Waals surface area (Å²) in [6, 6.07) is 9.70. The van der Waals surface area contributed by atoms with Crippen molar-refractivity contribution in [3.8, 4) is 23.7 Å². The number of ether oxygens (including phenoxy) is 1. The number of methoxy groups -OCH3 is 1. The minimum atomic E-state index is 0.358. The molecule has 0 bridgehead atoms. The van der Waals surface area contributed by atoms with Gasteiger partial charge in [-0.05, 0) is 43.2 Å². The van der Waals surface area contributed by atoms with Gasteiger partial charge in [0.2, 0.25) is 0 Å². The van der Waals surface area contributed by atoms with Gasteiger partial charge in [-0.25, -0.2) is 0 Å². The zero-order valence-electron chi connectivity index (χ0n) is 15.6. The maximum absolute atomic E-state index is 10.8. The van der Waals surface area contributed by atoms with E-state index in [0.29, 0.717) is 25.0 Å². The number of allylic oxidation sites excluding steroid dienone is 6. The second-order valence-electron chi connectivity index (χ2n) is 5.76. The molecule has 1 aromatic rings. The van der Waals surface area contributed by atoms with Crippen molar-refractivity contribution in [3.05, 3.63) is 76.5 Å². The first-order chi connectivity index (χ1) is 13.2. The number of nitriles is 1. The molecule has 0 saturated heterocycles. The van der Waals surface area contributed by atoms with Crippen molar-refractivity contribution in [2.75, 3.05) is 13.7 Å². The van der Waals surface area contributed by atoms with Crippen molar-refractivity contribution < 1.29 is 9.53 Å². The Labute approximate surface area is 160 Å². The molecule has 4 heteroatoms. The van der Waals surface area contributed by atoms with Gasteiger partial charge in [0, 0.05) is 35.9 Å². The Morgan fingerprint density at radius 3 is 2.93 bits per heavy atom. The summed E-state index contributed by atoms with van der Waals surface area (Å²) in [5, 5.41) is 12.9. The summed E-state index contributed by atoms with van der Waals surface area (Å²) < 4.78 is 5.19. The second kappa shape index (κ2) is 10.5. The molecule has 0 aromatic heterocycles. The van der Waals surface area contributed by atoms with E-state index in [1.165, 1.54) is 0 Å². The number of benzene rings is 1. The first-order valence-electron chi connectivity index (χ1n) is 8.76. The second-order valence-corrected chi connectivity index (χ2v) is 5.76. The fourth-order valence-electron chi connectivity index (χ4n) is 2.65. The number of hydrogen-bond acceptors (Lipinski definition) is 4. The van der Waals surface area contributed by atoms with Crippen LogP contribution in [0.2, 0.25) is 0 Å². The number of likely N-dealkylation sites (N-methyl/N-ethyl adjacent to an activating group) is 1. The maximum atomic E-state index is 10.8. The van der Waals surface area contributed by atoms with Crippen molar-refractivity contribution in [3.63, 3.8) is 0 Å². The minimum Gasteiger partial charge on any atom is -0.497 e. The molecular weight excluding hydrogens is 336 g/mol. The van der Waals surface area contributed by atoms with Gasteiger partial charge in [0.25, 0.3) is 0 Å². The number of hydrogen-bond donors (Lipinski definition) is 1. The molecular formula is C23H22N2O2. The van der Waals surface area contributed by atoms with Crippen LogP contribution in [0.3, 0.4) is 0 Å². The third kappa shape index (κ3) is 5.76. The molecule has 0 unspecified atom stereocenters. The van der Waals surface area contributed by atoms with Crippen LogP contribution in [0, 0.1) is 23.2 Å². The Balaban J connectivity index is 2.32. The summed E-state index contributed by atoms with van der Waals surface area (Å²) in [7, 11) is 1.61. The molecule has 1 aromatic carbocycles. The van der Waals surface area contributed by atoms with E-state index in [2.05, 4.69) is 23.2 Å². The van der Waals surface area contributed by atoms with Gasteiger partial charge < -0.3 is 14.8 Å². The van der Waals surface area contributed by atoms with Crippen molar-refractivity contribution >= 4 is 6.29 Å². The number of aldehydes is 1. The number of carbonyl (C=O) groups excluding carboxylic acids is 1. The number of nitrogens with one attached hydrogen (secondary N) is 1. The lowest BCUT2D eigenvalue weighted by atomic mass is 10.0. The lowest BCUT2D eigenvalue weighted by molar-refractivity contribution is -0.107. The average molecular weight is 358 g/mol. The van der Waals surface area contributed by atoms with Crippen LogP contribution >= 0.6 is 0 Å². The summed E-state index contributed by atoms with van der Waals surface area (Å²) in [6.07, 6.45) is 9.43. The van der Waals surface area contributed by atoms with Gasteiger partial charge in [0.1, 0.15) is 18.1 Å². The highest BCUT2D eigenvalue weighted by atomic mass is 16.5. The Hall–Kier alpha value is -3.50. The summed E-state index contributed by atoms with van der Waals surface area (Å²) in [5.41, 5.74) is 3.87. The first kappa shape index (κ1) is 19.8. The van der Waals surface area contributed by atoms with Crippen molar-refractivity contribution in [1.29, 1.82) is 5.26 Å². The summed E-state index contributed by atoms with van der Waals surface area (Å²) in [6.45, 7) is 2.70. The van der Waals surface area contributed by atoms with E-state index < -0.39 is 0 Å². The first-order valence-corrected chi connectivity index (χ1v) is 8.76. The van der Waals surface area contributed by atoms with Gasteiger partial charge in [0.15, 0.2) is 0 Å².